The Kier molecular flexibility index (Phi) is 6.21. The van der Waals surface area contributed by atoms with Crippen LogP contribution >= 0.6 is 0 Å². The summed E-state index contributed by atoms with van der Waals surface area (Å²) < 4.78 is 42.9. The van der Waals surface area contributed by atoms with Gasteiger partial charge in [-0.1, -0.05) is 24.3 Å². The predicted molar refractivity (Wildman–Crippen MR) is 103 cm³/mol. The quantitative estimate of drug-likeness (QED) is 0.614. The number of carbonyl (C=O) groups excluding carboxylic acids is 1. The molecule has 0 aliphatic carbocycles. The number of nitrogens with zero attached hydrogens (tertiary/aromatic N) is 1. The summed E-state index contributed by atoms with van der Waals surface area (Å²) in [5.74, 6) is 0.875. The number of benzene rings is 2. The third-order valence-corrected chi connectivity index (χ3v) is 4.36. The molecule has 0 aliphatic rings. The molecule has 152 valence electrons. The molecule has 29 heavy (non-hydrogen) atoms. The molecule has 2 N–H and O–H groups in total. The number of aromatic amines is 1. The van der Waals surface area contributed by atoms with E-state index < -0.39 is 11.7 Å². The number of aryl methyl sites for hydroxylation is 2. The van der Waals surface area contributed by atoms with Gasteiger partial charge < -0.3 is 10.1 Å². The molecule has 0 spiro atoms. The van der Waals surface area contributed by atoms with E-state index in [1.807, 2.05) is 12.1 Å². The van der Waals surface area contributed by atoms with E-state index in [1.54, 1.807) is 25.3 Å². The highest BCUT2D eigenvalue weighted by Crippen LogP contribution is 2.29. The van der Waals surface area contributed by atoms with Crippen LogP contribution in [0.15, 0.2) is 54.6 Å². The van der Waals surface area contributed by atoms with Crippen molar-refractivity contribution in [1.82, 2.24) is 10.2 Å². The van der Waals surface area contributed by atoms with Gasteiger partial charge in [-0.05, 0) is 48.2 Å². The van der Waals surface area contributed by atoms with Gasteiger partial charge in [0, 0.05) is 11.8 Å². The Morgan fingerprint density at radius 3 is 2.52 bits per heavy atom. The number of methoxy groups -OCH3 is 1. The van der Waals surface area contributed by atoms with Gasteiger partial charge in [0.05, 0.1) is 19.1 Å². The molecule has 1 aromatic heterocycles. The van der Waals surface area contributed by atoms with Crippen molar-refractivity contribution in [2.75, 3.05) is 12.4 Å². The number of anilines is 1. The lowest BCUT2D eigenvalue weighted by atomic mass is 10.1. The van der Waals surface area contributed by atoms with Crippen molar-refractivity contribution in [3.8, 4) is 5.75 Å². The number of carbonyl (C=O) groups is 1. The number of halogens is 3. The molecule has 5 nitrogen and oxygen atoms in total. The van der Waals surface area contributed by atoms with Gasteiger partial charge in [0.25, 0.3) is 0 Å². The van der Waals surface area contributed by atoms with E-state index in [0.717, 1.165) is 29.0 Å². The second-order valence-electron chi connectivity index (χ2n) is 6.55. The fourth-order valence-corrected chi connectivity index (χ4v) is 2.85. The number of nitrogens with one attached hydrogen (secondary N) is 2. The molecule has 1 amide bonds. The molecule has 2 aromatic carbocycles. The predicted octanol–water partition coefficient (Wildman–Crippen LogP) is 4.40. The summed E-state index contributed by atoms with van der Waals surface area (Å²) in [6.07, 6.45) is -3.04. The van der Waals surface area contributed by atoms with Crippen molar-refractivity contribution in [2.45, 2.75) is 25.4 Å². The van der Waals surface area contributed by atoms with Gasteiger partial charge >= 0.3 is 6.18 Å². The zero-order valence-electron chi connectivity index (χ0n) is 15.7. The first-order valence-electron chi connectivity index (χ1n) is 8.96. The van der Waals surface area contributed by atoms with Gasteiger partial charge in [-0.15, -0.1) is 0 Å². The number of alkyl halides is 3. The van der Waals surface area contributed by atoms with E-state index in [1.165, 1.54) is 12.1 Å². The first-order valence-corrected chi connectivity index (χ1v) is 8.96. The summed E-state index contributed by atoms with van der Waals surface area (Å²) in [6, 6.07) is 14.0. The van der Waals surface area contributed by atoms with Crippen LogP contribution in [0.5, 0.6) is 5.75 Å². The highest BCUT2D eigenvalue weighted by Gasteiger charge is 2.29. The van der Waals surface area contributed by atoms with Crippen LogP contribution in [-0.4, -0.2) is 23.2 Å². The Hall–Kier alpha value is -3.29. The van der Waals surface area contributed by atoms with Crippen LogP contribution in [0.3, 0.4) is 0 Å². The van der Waals surface area contributed by atoms with Gasteiger partial charge in [-0.2, -0.15) is 18.3 Å². The monoisotopic (exact) mass is 403 g/mol. The molecule has 0 fully saturated rings. The number of rotatable bonds is 7. The average molecular weight is 403 g/mol. The van der Waals surface area contributed by atoms with Crippen LogP contribution in [0.25, 0.3) is 0 Å². The maximum atomic E-state index is 12.6. The molecule has 1 heterocycles. The maximum absolute atomic E-state index is 12.6. The summed E-state index contributed by atoms with van der Waals surface area (Å²) in [7, 11) is 1.56. The third-order valence-electron chi connectivity index (χ3n) is 4.36. The van der Waals surface area contributed by atoms with E-state index >= 15 is 0 Å². The highest BCUT2D eigenvalue weighted by atomic mass is 19.4. The second kappa shape index (κ2) is 8.81. The Bertz CT molecular complexity index is 966. The maximum Gasteiger partial charge on any atom is 0.416 e. The third kappa shape index (κ3) is 5.84. The number of ether oxygens (including phenoxy) is 1. The fourth-order valence-electron chi connectivity index (χ4n) is 2.85. The minimum Gasteiger partial charge on any atom is -0.497 e. The van der Waals surface area contributed by atoms with Gasteiger partial charge in [0.15, 0.2) is 5.82 Å². The molecule has 3 rings (SSSR count). The number of amides is 1. The lowest BCUT2D eigenvalue weighted by molar-refractivity contribution is -0.137. The molecular weight excluding hydrogens is 383 g/mol. The van der Waals surface area contributed by atoms with E-state index in [2.05, 4.69) is 15.5 Å². The van der Waals surface area contributed by atoms with Crippen molar-refractivity contribution in [1.29, 1.82) is 0 Å². The minimum absolute atomic E-state index is 0.185. The molecule has 8 heteroatoms. The molecule has 0 unspecified atom stereocenters. The zero-order valence-corrected chi connectivity index (χ0v) is 15.7. The van der Waals surface area contributed by atoms with E-state index in [4.69, 9.17) is 4.74 Å². The molecular formula is C21H20F3N3O2. The number of aromatic nitrogens is 2. The highest BCUT2D eigenvalue weighted by molar-refractivity contribution is 5.91. The number of hydrogen-bond acceptors (Lipinski definition) is 3. The van der Waals surface area contributed by atoms with Crippen LogP contribution in [0, 0.1) is 0 Å². The molecule has 0 aliphatic heterocycles. The van der Waals surface area contributed by atoms with Crippen LogP contribution in [0.2, 0.25) is 0 Å². The standard InChI is InChI=1S/C21H20F3N3O2/c1-29-18-4-2-3-15(11-18)12-20(28)25-19-13-17(26-27-19)10-7-14-5-8-16(9-6-14)21(22,23)24/h2-6,8-9,11,13H,7,10,12H2,1H3,(H2,25,26,27,28). The Balaban J connectivity index is 1.52. The summed E-state index contributed by atoms with van der Waals surface area (Å²) in [5, 5.41) is 9.62. The van der Waals surface area contributed by atoms with Gasteiger partial charge in [0.2, 0.25) is 5.91 Å². The minimum atomic E-state index is -4.33. The van der Waals surface area contributed by atoms with Crippen molar-refractivity contribution in [2.24, 2.45) is 0 Å². The van der Waals surface area contributed by atoms with Crippen LogP contribution in [0.4, 0.5) is 19.0 Å². The van der Waals surface area contributed by atoms with E-state index in [0.29, 0.717) is 24.4 Å². The molecule has 0 atom stereocenters. The molecule has 0 bridgehead atoms. The summed E-state index contributed by atoms with van der Waals surface area (Å²) >= 11 is 0. The molecule has 0 saturated heterocycles. The van der Waals surface area contributed by atoms with Gasteiger partial charge in [-0.25, -0.2) is 0 Å². The number of H-pyrrole nitrogens is 1. The molecule has 3 aromatic rings. The van der Waals surface area contributed by atoms with Gasteiger partial charge in [0.1, 0.15) is 5.75 Å². The first kappa shape index (κ1) is 20.4. The van der Waals surface area contributed by atoms with Gasteiger partial charge in [-0.3, -0.25) is 9.89 Å². The first-order chi connectivity index (χ1) is 13.8. The van der Waals surface area contributed by atoms with Crippen molar-refractivity contribution in [3.05, 3.63) is 77.0 Å². The normalized spacial score (nSPS) is 11.3. The fraction of sp³-hybridized carbons (Fsp3) is 0.238. The Labute approximate surface area is 165 Å². The topological polar surface area (TPSA) is 67.0 Å². The largest absolute Gasteiger partial charge is 0.497 e. The van der Waals surface area contributed by atoms with Crippen molar-refractivity contribution < 1.29 is 22.7 Å². The van der Waals surface area contributed by atoms with E-state index in [-0.39, 0.29) is 12.3 Å². The van der Waals surface area contributed by atoms with Crippen molar-refractivity contribution in [3.63, 3.8) is 0 Å². The average Bonchev–Trinajstić information content (AvgIpc) is 3.13. The lowest BCUT2D eigenvalue weighted by Crippen LogP contribution is -2.14. The van der Waals surface area contributed by atoms with Crippen LogP contribution < -0.4 is 10.1 Å². The summed E-state index contributed by atoms with van der Waals surface area (Å²) in [5.41, 5.74) is 1.72. The zero-order chi connectivity index (χ0) is 20.9. The molecule has 0 saturated carbocycles. The second-order valence-corrected chi connectivity index (χ2v) is 6.55. The Morgan fingerprint density at radius 2 is 1.83 bits per heavy atom. The SMILES string of the molecule is COc1cccc(CC(=O)Nc2cc(CCc3ccc(C(F)(F)F)cc3)[nH]n2)c1. The summed E-state index contributed by atoms with van der Waals surface area (Å²) in [4.78, 5) is 12.2. The van der Waals surface area contributed by atoms with Crippen molar-refractivity contribution >= 4 is 11.7 Å². The smallest absolute Gasteiger partial charge is 0.416 e. The Morgan fingerprint density at radius 1 is 1.07 bits per heavy atom. The summed E-state index contributed by atoms with van der Waals surface area (Å²) in [6.45, 7) is 0. The lowest BCUT2D eigenvalue weighted by Gasteiger charge is -2.07. The van der Waals surface area contributed by atoms with Crippen LogP contribution in [0.1, 0.15) is 22.4 Å². The number of hydrogen-bond donors (Lipinski definition) is 2. The van der Waals surface area contributed by atoms with Crippen LogP contribution in [-0.2, 0) is 30.2 Å². The van der Waals surface area contributed by atoms with E-state index in [9.17, 15) is 18.0 Å². The molecule has 0 radical (unpaired) electrons.